The Morgan fingerprint density at radius 3 is 2.42 bits per heavy atom. The van der Waals surface area contributed by atoms with Crippen molar-refractivity contribution in [1.29, 1.82) is 0 Å². The summed E-state index contributed by atoms with van der Waals surface area (Å²) in [4.78, 5) is 15.9. The van der Waals surface area contributed by atoms with E-state index in [1.807, 2.05) is 37.3 Å². The van der Waals surface area contributed by atoms with Crippen molar-refractivity contribution in [2.24, 2.45) is 0 Å². The Hall–Kier alpha value is -2.75. The molecule has 0 unspecified atom stereocenters. The lowest BCUT2D eigenvalue weighted by atomic mass is 9.87. The molecule has 2 N–H and O–H groups in total. The number of aryl methyl sites for hydroxylation is 1. The van der Waals surface area contributed by atoms with Gasteiger partial charge in [0.05, 0.1) is 13.5 Å². The third-order valence-corrected chi connectivity index (χ3v) is 4.70. The van der Waals surface area contributed by atoms with Crippen LogP contribution in [0.5, 0.6) is 5.75 Å². The van der Waals surface area contributed by atoms with E-state index in [-0.39, 0.29) is 11.3 Å². The predicted molar refractivity (Wildman–Crippen MR) is 107 cm³/mol. The molecule has 0 radical (unpaired) electrons. The largest absolute Gasteiger partial charge is 0.497 e. The summed E-state index contributed by atoms with van der Waals surface area (Å²) < 4.78 is 5.31. The number of hydrogen-bond donors (Lipinski definition) is 2. The SMILES string of the molecule is COc1ccc2[nH]c(C)c(CC(=O)Nc3ccc(C(C)(C)C)cc3)c2c1. The molecule has 0 aliphatic carbocycles. The van der Waals surface area contributed by atoms with Crippen LogP contribution in [0, 0.1) is 6.92 Å². The quantitative estimate of drug-likeness (QED) is 0.698. The van der Waals surface area contributed by atoms with E-state index < -0.39 is 0 Å². The normalized spacial score (nSPS) is 11.6. The van der Waals surface area contributed by atoms with Gasteiger partial charge in [0.1, 0.15) is 5.75 Å². The molecular weight excluding hydrogens is 324 g/mol. The van der Waals surface area contributed by atoms with Gasteiger partial charge in [-0.25, -0.2) is 0 Å². The van der Waals surface area contributed by atoms with Crippen molar-refractivity contribution in [3.8, 4) is 5.75 Å². The van der Waals surface area contributed by atoms with E-state index in [2.05, 4.69) is 43.2 Å². The van der Waals surface area contributed by atoms with Crippen molar-refractivity contribution in [2.45, 2.75) is 39.5 Å². The lowest BCUT2D eigenvalue weighted by Crippen LogP contribution is -2.15. The number of amides is 1. The van der Waals surface area contributed by atoms with Crippen LogP contribution in [-0.4, -0.2) is 18.0 Å². The van der Waals surface area contributed by atoms with Gasteiger partial charge in [-0.1, -0.05) is 32.9 Å². The molecule has 1 amide bonds. The van der Waals surface area contributed by atoms with Crippen molar-refractivity contribution in [2.75, 3.05) is 12.4 Å². The maximum atomic E-state index is 12.6. The molecule has 0 saturated heterocycles. The predicted octanol–water partition coefficient (Wildman–Crippen LogP) is 4.96. The molecule has 2 aromatic carbocycles. The van der Waals surface area contributed by atoms with Crippen LogP contribution in [-0.2, 0) is 16.6 Å². The molecule has 0 fully saturated rings. The fourth-order valence-electron chi connectivity index (χ4n) is 3.14. The van der Waals surface area contributed by atoms with Crippen molar-refractivity contribution in [3.63, 3.8) is 0 Å². The van der Waals surface area contributed by atoms with Crippen molar-refractivity contribution >= 4 is 22.5 Å². The van der Waals surface area contributed by atoms with Gasteiger partial charge in [-0.05, 0) is 53.8 Å². The van der Waals surface area contributed by atoms with Crippen LogP contribution >= 0.6 is 0 Å². The highest BCUT2D eigenvalue weighted by Crippen LogP contribution is 2.27. The number of benzene rings is 2. The number of carbonyl (C=O) groups is 1. The highest BCUT2D eigenvalue weighted by molar-refractivity contribution is 5.96. The minimum Gasteiger partial charge on any atom is -0.497 e. The second-order valence-electron chi connectivity index (χ2n) is 7.69. The second kappa shape index (κ2) is 6.87. The Balaban J connectivity index is 1.78. The summed E-state index contributed by atoms with van der Waals surface area (Å²) in [6.45, 7) is 8.52. The molecule has 26 heavy (non-hydrogen) atoms. The summed E-state index contributed by atoms with van der Waals surface area (Å²) in [6.07, 6.45) is 0.319. The third kappa shape index (κ3) is 3.74. The van der Waals surface area contributed by atoms with E-state index in [0.29, 0.717) is 6.42 Å². The molecule has 0 saturated carbocycles. The number of aromatic amines is 1. The first-order valence-electron chi connectivity index (χ1n) is 8.83. The number of carbonyl (C=O) groups excluding carboxylic acids is 1. The van der Waals surface area contributed by atoms with Gasteiger partial charge in [-0.15, -0.1) is 0 Å². The molecule has 4 nitrogen and oxygen atoms in total. The average Bonchev–Trinajstić information content (AvgIpc) is 2.89. The lowest BCUT2D eigenvalue weighted by Gasteiger charge is -2.19. The van der Waals surface area contributed by atoms with E-state index in [1.165, 1.54) is 5.56 Å². The highest BCUT2D eigenvalue weighted by atomic mass is 16.5. The monoisotopic (exact) mass is 350 g/mol. The number of rotatable bonds is 4. The molecule has 136 valence electrons. The molecule has 0 aliphatic rings. The first kappa shape index (κ1) is 18.1. The molecule has 0 bridgehead atoms. The van der Waals surface area contributed by atoms with Crippen LogP contribution in [0.25, 0.3) is 10.9 Å². The number of fused-ring (bicyclic) bond motifs is 1. The van der Waals surface area contributed by atoms with E-state index in [0.717, 1.165) is 33.6 Å². The molecule has 3 rings (SSSR count). The van der Waals surface area contributed by atoms with Crippen molar-refractivity contribution in [3.05, 3.63) is 59.3 Å². The number of hydrogen-bond acceptors (Lipinski definition) is 2. The van der Waals surface area contributed by atoms with Crippen LogP contribution in [0.3, 0.4) is 0 Å². The van der Waals surface area contributed by atoms with Gasteiger partial charge in [0, 0.05) is 22.3 Å². The van der Waals surface area contributed by atoms with Gasteiger partial charge < -0.3 is 15.0 Å². The van der Waals surface area contributed by atoms with Gasteiger partial charge in [-0.3, -0.25) is 4.79 Å². The van der Waals surface area contributed by atoms with Crippen molar-refractivity contribution < 1.29 is 9.53 Å². The number of methoxy groups -OCH3 is 1. The number of aromatic nitrogens is 1. The Morgan fingerprint density at radius 2 is 1.81 bits per heavy atom. The smallest absolute Gasteiger partial charge is 0.228 e. The van der Waals surface area contributed by atoms with Crippen LogP contribution < -0.4 is 10.1 Å². The molecule has 0 aliphatic heterocycles. The van der Waals surface area contributed by atoms with Crippen LogP contribution in [0.15, 0.2) is 42.5 Å². The second-order valence-corrected chi connectivity index (χ2v) is 7.69. The molecule has 0 atom stereocenters. The Labute approximate surface area is 154 Å². The average molecular weight is 350 g/mol. The van der Waals surface area contributed by atoms with Gasteiger partial charge in [0.2, 0.25) is 5.91 Å². The minimum absolute atomic E-state index is 0.0275. The van der Waals surface area contributed by atoms with Crippen LogP contribution in [0.1, 0.15) is 37.6 Å². The zero-order valence-corrected chi connectivity index (χ0v) is 16.1. The maximum absolute atomic E-state index is 12.6. The van der Waals surface area contributed by atoms with Gasteiger partial charge in [0.15, 0.2) is 0 Å². The maximum Gasteiger partial charge on any atom is 0.228 e. The minimum atomic E-state index is -0.0275. The number of anilines is 1. The topological polar surface area (TPSA) is 54.1 Å². The molecule has 0 spiro atoms. The summed E-state index contributed by atoms with van der Waals surface area (Å²) >= 11 is 0. The van der Waals surface area contributed by atoms with E-state index >= 15 is 0 Å². The Bertz CT molecular complexity index is 931. The van der Waals surface area contributed by atoms with Gasteiger partial charge in [0.25, 0.3) is 0 Å². The molecule has 1 aromatic heterocycles. The Kier molecular flexibility index (Phi) is 4.77. The zero-order chi connectivity index (χ0) is 18.9. The van der Waals surface area contributed by atoms with Crippen LogP contribution in [0.2, 0.25) is 0 Å². The Morgan fingerprint density at radius 1 is 1.12 bits per heavy atom. The number of H-pyrrole nitrogens is 1. The van der Waals surface area contributed by atoms with Gasteiger partial charge >= 0.3 is 0 Å². The van der Waals surface area contributed by atoms with E-state index in [1.54, 1.807) is 7.11 Å². The van der Waals surface area contributed by atoms with Crippen LogP contribution in [0.4, 0.5) is 5.69 Å². The molecular formula is C22H26N2O2. The molecule has 1 heterocycles. The zero-order valence-electron chi connectivity index (χ0n) is 16.1. The van der Waals surface area contributed by atoms with E-state index in [9.17, 15) is 4.79 Å². The molecule has 4 heteroatoms. The fourth-order valence-corrected chi connectivity index (χ4v) is 3.14. The third-order valence-electron chi connectivity index (χ3n) is 4.70. The van der Waals surface area contributed by atoms with E-state index in [4.69, 9.17) is 4.74 Å². The number of ether oxygens (including phenoxy) is 1. The van der Waals surface area contributed by atoms with Crippen molar-refractivity contribution in [1.82, 2.24) is 4.98 Å². The highest BCUT2D eigenvalue weighted by Gasteiger charge is 2.15. The molecule has 3 aromatic rings. The summed E-state index contributed by atoms with van der Waals surface area (Å²) in [5.74, 6) is 0.760. The standard InChI is InChI=1S/C22H26N2O2/c1-14-18(19-12-17(26-5)10-11-20(19)23-14)13-21(25)24-16-8-6-15(7-9-16)22(2,3)4/h6-12,23H,13H2,1-5H3,(H,24,25). The lowest BCUT2D eigenvalue weighted by molar-refractivity contribution is -0.115. The first-order chi connectivity index (χ1) is 12.3. The summed E-state index contributed by atoms with van der Waals surface area (Å²) in [6, 6.07) is 13.9. The fraction of sp³-hybridized carbons (Fsp3) is 0.318. The van der Waals surface area contributed by atoms with Gasteiger partial charge in [-0.2, -0.15) is 0 Å². The summed E-state index contributed by atoms with van der Waals surface area (Å²) in [7, 11) is 1.65. The summed E-state index contributed by atoms with van der Waals surface area (Å²) in [5.41, 5.74) is 5.19. The number of nitrogens with one attached hydrogen (secondary N) is 2. The summed E-state index contributed by atoms with van der Waals surface area (Å²) in [5, 5.41) is 4.02. The first-order valence-corrected chi connectivity index (χ1v) is 8.83.